The van der Waals surface area contributed by atoms with Crippen molar-refractivity contribution in [3.05, 3.63) is 52.2 Å². The first kappa shape index (κ1) is 20.8. The van der Waals surface area contributed by atoms with Crippen LogP contribution in [-0.4, -0.2) is 44.7 Å². The third-order valence-electron chi connectivity index (χ3n) is 3.88. The number of carbonyl (C=O) groups is 1. The molecule has 0 aliphatic heterocycles. The summed E-state index contributed by atoms with van der Waals surface area (Å²) in [5.74, 6) is 1.60. The first-order valence-electron chi connectivity index (χ1n) is 9.08. The number of para-hydroxylation sites is 1. The second kappa shape index (κ2) is 11.2. The number of amides is 1. The minimum Gasteiger partial charge on any atom is -0.489 e. The van der Waals surface area contributed by atoms with Crippen molar-refractivity contribution in [1.82, 2.24) is 16.0 Å². The van der Waals surface area contributed by atoms with Crippen LogP contribution in [0.5, 0.6) is 5.75 Å². The Kier molecular flexibility index (Phi) is 8.64. The third kappa shape index (κ3) is 7.30. The van der Waals surface area contributed by atoms with Crippen LogP contribution in [0.1, 0.15) is 28.6 Å². The summed E-state index contributed by atoms with van der Waals surface area (Å²) in [6, 6.07) is 11.7. The van der Waals surface area contributed by atoms with Gasteiger partial charge in [-0.05, 0) is 43.3 Å². The van der Waals surface area contributed by atoms with Crippen LogP contribution in [0.3, 0.4) is 0 Å². The lowest BCUT2D eigenvalue weighted by atomic mass is 10.2. The van der Waals surface area contributed by atoms with Gasteiger partial charge in [0.2, 0.25) is 0 Å². The smallest absolute Gasteiger partial charge is 0.261 e. The molecule has 0 spiro atoms. The molecular weight excluding hydrogens is 360 g/mol. The van der Waals surface area contributed by atoms with Gasteiger partial charge in [-0.1, -0.05) is 24.3 Å². The van der Waals surface area contributed by atoms with Crippen LogP contribution in [0.15, 0.2) is 46.8 Å². The Bertz CT molecular complexity index is 731. The van der Waals surface area contributed by atoms with Gasteiger partial charge < -0.3 is 20.7 Å². The van der Waals surface area contributed by atoms with Crippen molar-refractivity contribution in [2.75, 3.05) is 26.7 Å². The predicted octanol–water partition coefficient (Wildman–Crippen LogP) is 2.81. The molecular formula is C20H28N4O2S. The van der Waals surface area contributed by atoms with Crippen LogP contribution in [0, 0.1) is 6.92 Å². The van der Waals surface area contributed by atoms with Gasteiger partial charge in [-0.3, -0.25) is 9.79 Å². The van der Waals surface area contributed by atoms with E-state index in [0.29, 0.717) is 13.1 Å². The second-order valence-corrected chi connectivity index (χ2v) is 7.11. The number of hydrogen-bond acceptors (Lipinski definition) is 4. The van der Waals surface area contributed by atoms with Crippen molar-refractivity contribution in [3.63, 3.8) is 0 Å². The highest BCUT2D eigenvalue weighted by molar-refractivity contribution is 7.12. The van der Waals surface area contributed by atoms with Crippen molar-refractivity contribution >= 4 is 23.2 Å². The summed E-state index contributed by atoms with van der Waals surface area (Å²) in [5.41, 5.74) is 1.12. The lowest BCUT2D eigenvalue weighted by Crippen LogP contribution is -2.42. The number of nitrogens with one attached hydrogen (secondary N) is 3. The SMILES string of the molecule is CN=C(NCCCNC(=O)c1cccs1)NCC(C)Oc1ccccc1C. The summed E-state index contributed by atoms with van der Waals surface area (Å²) in [5, 5.41) is 11.3. The van der Waals surface area contributed by atoms with E-state index in [-0.39, 0.29) is 12.0 Å². The van der Waals surface area contributed by atoms with E-state index in [0.717, 1.165) is 35.1 Å². The molecule has 0 fully saturated rings. The first-order chi connectivity index (χ1) is 13.1. The molecule has 1 atom stereocenters. The fourth-order valence-corrected chi connectivity index (χ4v) is 3.04. The van der Waals surface area contributed by atoms with Gasteiger partial charge in [0.1, 0.15) is 11.9 Å². The van der Waals surface area contributed by atoms with E-state index in [1.165, 1.54) is 11.3 Å². The minimum absolute atomic E-state index is 0.00901. The van der Waals surface area contributed by atoms with Gasteiger partial charge in [0.25, 0.3) is 5.91 Å². The van der Waals surface area contributed by atoms with Crippen LogP contribution >= 0.6 is 11.3 Å². The Balaban J connectivity index is 1.61. The van der Waals surface area contributed by atoms with Crippen LogP contribution in [0.25, 0.3) is 0 Å². The van der Waals surface area contributed by atoms with Gasteiger partial charge in [-0.2, -0.15) is 0 Å². The molecule has 1 unspecified atom stereocenters. The predicted molar refractivity (Wildman–Crippen MR) is 112 cm³/mol. The molecule has 0 aliphatic rings. The maximum atomic E-state index is 11.8. The molecule has 0 aliphatic carbocycles. The Labute approximate surface area is 165 Å². The highest BCUT2D eigenvalue weighted by Gasteiger charge is 2.08. The van der Waals surface area contributed by atoms with E-state index >= 15 is 0 Å². The summed E-state index contributed by atoms with van der Waals surface area (Å²) in [4.78, 5) is 16.8. The van der Waals surface area contributed by atoms with Crippen molar-refractivity contribution in [1.29, 1.82) is 0 Å². The van der Waals surface area contributed by atoms with Gasteiger partial charge in [-0.25, -0.2) is 0 Å². The first-order valence-corrected chi connectivity index (χ1v) is 9.96. The molecule has 2 aromatic rings. The van der Waals surface area contributed by atoms with Crippen LogP contribution in [0.2, 0.25) is 0 Å². The largest absolute Gasteiger partial charge is 0.489 e. The quantitative estimate of drug-likeness (QED) is 0.351. The molecule has 0 saturated carbocycles. The molecule has 1 amide bonds. The zero-order valence-corrected chi connectivity index (χ0v) is 16.9. The number of thiophene rings is 1. The highest BCUT2D eigenvalue weighted by Crippen LogP contribution is 2.17. The van der Waals surface area contributed by atoms with Crippen LogP contribution in [-0.2, 0) is 0 Å². The lowest BCUT2D eigenvalue weighted by Gasteiger charge is -2.18. The highest BCUT2D eigenvalue weighted by atomic mass is 32.1. The van der Waals surface area contributed by atoms with E-state index in [9.17, 15) is 4.79 Å². The second-order valence-electron chi connectivity index (χ2n) is 6.16. The monoisotopic (exact) mass is 388 g/mol. The molecule has 7 heteroatoms. The Morgan fingerprint density at radius 2 is 1.93 bits per heavy atom. The molecule has 1 aromatic heterocycles. The minimum atomic E-state index is -0.0188. The number of aliphatic imine (C=N–C) groups is 1. The summed E-state index contributed by atoms with van der Waals surface area (Å²) in [7, 11) is 1.74. The van der Waals surface area contributed by atoms with Crippen molar-refractivity contribution < 1.29 is 9.53 Å². The van der Waals surface area contributed by atoms with Gasteiger partial charge in [0.05, 0.1) is 11.4 Å². The number of carbonyl (C=O) groups excluding carboxylic acids is 1. The van der Waals surface area contributed by atoms with E-state index < -0.39 is 0 Å². The van der Waals surface area contributed by atoms with Crippen molar-refractivity contribution in [2.24, 2.45) is 4.99 Å². The van der Waals surface area contributed by atoms with E-state index in [2.05, 4.69) is 20.9 Å². The van der Waals surface area contributed by atoms with Crippen molar-refractivity contribution in [2.45, 2.75) is 26.4 Å². The van der Waals surface area contributed by atoms with Gasteiger partial charge in [0, 0.05) is 20.1 Å². The molecule has 6 nitrogen and oxygen atoms in total. The molecule has 1 aromatic carbocycles. The topological polar surface area (TPSA) is 74.8 Å². The molecule has 27 heavy (non-hydrogen) atoms. The van der Waals surface area contributed by atoms with E-state index in [1.807, 2.05) is 55.6 Å². The van der Waals surface area contributed by atoms with Crippen LogP contribution in [0.4, 0.5) is 0 Å². The zero-order chi connectivity index (χ0) is 19.5. The number of rotatable bonds is 9. The summed E-state index contributed by atoms with van der Waals surface area (Å²) >= 11 is 1.45. The number of hydrogen-bond donors (Lipinski definition) is 3. The maximum absolute atomic E-state index is 11.8. The Morgan fingerprint density at radius 1 is 1.15 bits per heavy atom. The molecule has 1 heterocycles. The Hall–Kier alpha value is -2.54. The van der Waals surface area contributed by atoms with Gasteiger partial charge in [-0.15, -0.1) is 11.3 Å². The fraction of sp³-hybridized carbons (Fsp3) is 0.400. The maximum Gasteiger partial charge on any atom is 0.261 e. The standard InChI is InChI=1S/C20H28N4O2S/c1-15-8-4-5-9-17(15)26-16(2)14-24-20(21-3)23-12-7-11-22-19(25)18-10-6-13-27-18/h4-6,8-10,13,16H,7,11-12,14H2,1-3H3,(H,22,25)(H2,21,23,24). The Morgan fingerprint density at radius 3 is 2.63 bits per heavy atom. The lowest BCUT2D eigenvalue weighted by molar-refractivity contribution is 0.0957. The summed E-state index contributed by atoms with van der Waals surface area (Å²) < 4.78 is 5.95. The molecule has 0 radical (unpaired) electrons. The number of guanidine groups is 1. The van der Waals surface area contributed by atoms with E-state index in [4.69, 9.17) is 4.74 Å². The summed E-state index contributed by atoms with van der Waals surface area (Å²) in [6.07, 6.45) is 0.822. The number of ether oxygens (including phenoxy) is 1. The van der Waals surface area contributed by atoms with Gasteiger partial charge >= 0.3 is 0 Å². The fourth-order valence-electron chi connectivity index (χ4n) is 2.40. The number of benzene rings is 1. The van der Waals surface area contributed by atoms with Crippen molar-refractivity contribution in [3.8, 4) is 5.75 Å². The molecule has 2 rings (SSSR count). The normalized spacial score (nSPS) is 12.3. The zero-order valence-electron chi connectivity index (χ0n) is 16.1. The van der Waals surface area contributed by atoms with Crippen LogP contribution < -0.4 is 20.7 Å². The molecule has 3 N–H and O–H groups in total. The third-order valence-corrected chi connectivity index (χ3v) is 4.75. The average molecular weight is 389 g/mol. The molecule has 0 saturated heterocycles. The van der Waals surface area contributed by atoms with Gasteiger partial charge in [0.15, 0.2) is 5.96 Å². The average Bonchev–Trinajstić information content (AvgIpc) is 3.20. The summed E-state index contributed by atoms with van der Waals surface area (Å²) in [6.45, 7) is 6.04. The molecule has 0 bridgehead atoms. The number of aryl methyl sites for hydroxylation is 1. The number of nitrogens with zero attached hydrogens (tertiary/aromatic N) is 1. The molecule has 146 valence electrons. The van der Waals surface area contributed by atoms with E-state index in [1.54, 1.807) is 7.05 Å².